The van der Waals surface area contributed by atoms with Crippen molar-refractivity contribution in [3.8, 4) is 11.5 Å². The van der Waals surface area contributed by atoms with Crippen LogP contribution >= 0.6 is 13.0 Å². The molecule has 0 amide bonds. The van der Waals surface area contributed by atoms with Gasteiger partial charge in [0.2, 0.25) is 0 Å². The molecule has 2 rings (SSSR count). The van der Waals surface area contributed by atoms with Crippen LogP contribution in [0.2, 0.25) is 0 Å². The van der Waals surface area contributed by atoms with Crippen molar-refractivity contribution in [2.45, 2.75) is 0 Å². The van der Waals surface area contributed by atoms with E-state index in [9.17, 15) is 0 Å². The van der Waals surface area contributed by atoms with Crippen molar-refractivity contribution in [1.29, 1.82) is 0 Å². The summed E-state index contributed by atoms with van der Waals surface area (Å²) >= 11 is 9.98. The van der Waals surface area contributed by atoms with Gasteiger partial charge in [-0.1, -0.05) is 5.21 Å². The minimum atomic E-state index is -2.69. The molecule has 0 atom stereocenters. The Labute approximate surface area is 113 Å². The molecule has 0 aliphatic rings. The maximum absolute atomic E-state index is 5.74. The second-order valence-electron chi connectivity index (χ2n) is 3.46. The molecular weight excluding hydrogens is 312 g/mol. The lowest BCUT2D eigenvalue weighted by Gasteiger charge is -2.13. The Morgan fingerprint density at radius 3 is 2.28 bits per heavy atom. The maximum atomic E-state index is 5.74. The third kappa shape index (κ3) is 2.73. The smallest absolute Gasteiger partial charge is 0.180 e. The van der Waals surface area contributed by atoms with E-state index < -0.39 is 13.0 Å². The minimum absolute atomic E-state index is 0.412. The van der Waals surface area contributed by atoms with Gasteiger partial charge in [-0.05, 0) is 23.6 Å². The first-order chi connectivity index (χ1) is 8.19. The van der Waals surface area contributed by atoms with Crippen molar-refractivity contribution in [1.82, 2.24) is 24.1 Å². The zero-order valence-corrected chi connectivity index (χ0v) is 12.4. The summed E-state index contributed by atoms with van der Waals surface area (Å²) in [4.78, 5) is 4.09. The zero-order valence-electron chi connectivity index (χ0n) is 8.99. The van der Waals surface area contributed by atoms with Gasteiger partial charge in [0.25, 0.3) is 0 Å². The van der Waals surface area contributed by atoms with Crippen molar-refractivity contribution >= 4 is 36.6 Å². The molecule has 2 aromatic rings. The first-order valence-electron chi connectivity index (χ1n) is 4.52. The molecule has 0 spiro atoms. The van der Waals surface area contributed by atoms with Gasteiger partial charge < -0.3 is 0 Å². The fourth-order valence-corrected chi connectivity index (χ4v) is 3.05. The van der Waals surface area contributed by atoms with Crippen molar-refractivity contribution in [3.05, 3.63) is 18.6 Å². The molecule has 13 heteroatoms. The summed E-state index contributed by atoms with van der Waals surface area (Å²) < 4.78 is 2.74. The van der Waals surface area contributed by atoms with Crippen LogP contribution in [-0.4, -0.2) is 24.1 Å². The highest BCUT2D eigenvalue weighted by molar-refractivity contribution is 8.11. The Hall–Kier alpha value is -0.510. The van der Waals surface area contributed by atoms with Crippen LogP contribution < -0.4 is 22.0 Å². The van der Waals surface area contributed by atoms with Crippen LogP contribution in [0.3, 0.4) is 0 Å². The first-order valence-corrected chi connectivity index (χ1v) is 10.3. The van der Waals surface area contributed by atoms with Crippen molar-refractivity contribution in [3.63, 3.8) is 0 Å². The Kier molecular flexibility index (Phi) is 3.52. The summed E-state index contributed by atoms with van der Waals surface area (Å²) in [7, 11) is 0. The fourth-order valence-electron chi connectivity index (χ4n) is 1.24. The average molecular weight is 323 g/mol. The molecule has 18 heavy (non-hydrogen) atoms. The summed E-state index contributed by atoms with van der Waals surface area (Å²) in [5, 5.41) is 7.66. The van der Waals surface area contributed by atoms with Gasteiger partial charge in [0.1, 0.15) is 5.69 Å². The lowest BCUT2D eigenvalue weighted by atomic mass is 10.5. The number of nitrogens with zero attached hydrogens (tertiary/aromatic N) is 5. The number of nitrogens with two attached hydrogens (primary N) is 4. The first kappa shape index (κ1) is 13.9. The molecule has 0 bridgehead atoms. The third-order valence-corrected chi connectivity index (χ3v) is 4.85. The Morgan fingerprint density at radius 1 is 1.11 bits per heavy atom. The molecule has 0 saturated heterocycles. The van der Waals surface area contributed by atoms with Crippen molar-refractivity contribution < 1.29 is 0 Å². The quantitative estimate of drug-likeness (QED) is 0.527. The van der Waals surface area contributed by atoms with Gasteiger partial charge in [0, 0.05) is 12.4 Å². The lowest BCUT2D eigenvalue weighted by Crippen LogP contribution is -2.13. The van der Waals surface area contributed by atoms with Crippen molar-refractivity contribution in [2.24, 2.45) is 22.0 Å². The topological polar surface area (TPSA) is 153 Å². The normalized spacial score (nSPS) is 12.9. The standard InChI is InChI=1S/C5H11N9P2S2/c6-15(7,17)13-2-1-10-5(13)4-3-14(12-11-4)16(8,9)18/h1-3H,(H4,6,7,17)(H4,8,9,18). The van der Waals surface area contributed by atoms with Gasteiger partial charge >= 0.3 is 0 Å². The summed E-state index contributed by atoms with van der Waals surface area (Å²) in [5.74, 6) is 0.415. The average Bonchev–Trinajstić information content (AvgIpc) is 2.84. The highest BCUT2D eigenvalue weighted by Gasteiger charge is 2.18. The Balaban J connectivity index is 2.51. The lowest BCUT2D eigenvalue weighted by molar-refractivity contribution is 0.872. The van der Waals surface area contributed by atoms with E-state index in [2.05, 4.69) is 15.3 Å². The second-order valence-corrected chi connectivity index (χ2v) is 10.5. The number of imidazole rings is 1. The molecule has 0 aliphatic carbocycles. The minimum Gasteiger partial charge on any atom is -0.277 e. The van der Waals surface area contributed by atoms with Gasteiger partial charge in [-0.25, -0.2) is 4.98 Å². The highest BCUT2D eigenvalue weighted by atomic mass is 32.5. The largest absolute Gasteiger partial charge is 0.277 e. The van der Waals surface area contributed by atoms with E-state index in [1.54, 1.807) is 6.20 Å². The molecule has 0 fully saturated rings. The second kappa shape index (κ2) is 4.55. The molecule has 0 radical (unpaired) electrons. The number of aromatic nitrogens is 5. The Bertz CT molecular complexity index is 662. The molecule has 0 unspecified atom stereocenters. The monoisotopic (exact) mass is 323 g/mol. The van der Waals surface area contributed by atoms with E-state index >= 15 is 0 Å². The van der Waals surface area contributed by atoms with Crippen LogP contribution in [0.1, 0.15) is 0 Å². The summed E-state index contributed by atoms with van der Waals surface area (Å²) in [6.45, 7) is -5.37. The predicted octanol–water partition coefficient (Wildman–Crippen LogP) is -0.878. The van der Waals surface area contributed by atoms with Crippen molar-refractivity contribution in [2.75, 3.05) is 0 Å². The van der Waals surface area contributed by atoms with E-state index in [-0.39, 0.29) is 0 Å². The molecule has 8 N–H and O–H groups in total. The predicted molar refractivity (Wildman–Crippen MR) is 77.4 cm³/mol. The Morgan fingerprint density at radius 2 is 1.78 bits per heavy atom. The van der Waals surface area contributed by atoms with Crippen LogP contribution in [-0.2, 0) is 23.6 Å². The fraction of sp³-hybridized carbons (Fsp3) is 0. The van der Waals surface area contributed by atoms with E-state index in [0.29, 0.717) is 11.5 Å². The van der Waals surface area contributed by atoms with E-state index in [4.69, 9.17) is 45.6 Å². The van der Waals surface area contributed by atoms with Crippen LogP contribution in [0.5, 0.6) is 0 Å². The van der Waals surface area contributed by atoms with Gasteiger partial charge in [0.15, 0.2) is 18.8 Å². The summed E-state index contributed by atoms with van der Waals surface area (Å²) in [5.41, 5.74) is 23.1. The van der Waals surface area contributed by atoms with Gasteiger partial charge in [-0.15, -0.1) is 5.10 Å². The zero-order chi connectivity index (χ0) is 13.6. The van der Waals surface area contributed by atoms with E-state index in [1.807, 2.05) is 0 Å². The van der Waals surface area contributed by atoms with Crippen LogP contribution in [0, 0.1) is 0 Å². The van der Waals surface area contributed by atoms with Gasteiger partial charge in [0.05, 0.1) is 6.20 Å². The van der Waals surface area contributed by atoms with Crippen LogP contribution in [0.25, 0.3) is 11.5 Å². The van der Waals surface area contributed by atoms with Crippen LogP contribution in [0.15, 0.2) is 18.6 Å². The van der Waals surface area contributed by atoms with E-state index in [1.165, 1.54) is 21.2 Å². The van der Waals surface area contributed by atoms with Gasteiger partial charge in [-0.2, -0.15) is 4.45 Å². The third-order valence-electron chi connectivity index (χ3n) is 1.99. The molecule has 0 saturated carbocycles. The molecular formula is C5H11N9P2S2. The molecule has 98 valence electrons. The molecule has 0 aliphatic heterocycles. The SMILES string of the molecule is NP(N)(=S)n1cc(-c2nccn2P(N)(N)=S)nn1. The summed E-state index contributed by atoms with van der Waals surface area (Å²) in [6, 6.07) is 0. The number of rotatable bonds is 3. The maximum Gasteiger partial charge on any atom is 0.180 e. The molecule has 2 heterocycles. The van der Waals surface area contributed by atoms with Gasteiger partial charge in [-0.3, -0.25) is 26.4 Å². The molecule has 0 aromatic carbocycles. The summed E-state index contributed by atoms with van der Waals surface area (Å²) in [6.07, 6.45) is 4.62. The number of hydrogen-bond donors (Lipinski definition) is 4. The van der Waals surface area contributed by atoms with E-state index in [0.717, 1.165) is 0 Å². The number of hydrogen-bond acceptors (Lipinski definition) is 5. The van der Waals surface area contributed by atoms with Crippen LogP contribution in [0.4, 0.5) is 0 Å². The highest BCUT2D eigenvalue weighted by Crippen LogP contribution is 2.34. The molecule has 9 nitrogen and oxygen atoms in total. The molecule has 2 aromatic heterocycles.